The highest BCUT2D eigenvalue weighted by Crippen LogP contribution is 2.25. The average molecular weight is 248 g/mol. The van der Waals surface area contributed by atoms with E-state index < -0.39 is 7.82 Å². The molecule has 7 nitrogen and oxygen atoms in total. The van der Waals surface area contributed by atoms with E-state index in [1.807, 2.05) is 0 Å². The van der Waals surface area contributed by atoms with Crippen LogP contribution in [-0.2, 0) is 13.7 Å². The van der Waals surface area contributed by atoms with Gasteiger partial charge in [-0.05, 0) is 0 Å². The Labute approximate surface area is 84.4 Å². The molecule has 0 aromatic rings. The van der Waals surface area contributed by atoms with E-state index in [-0.39, 0.29) is 8.69 Å². The summed E-state index contributed by atoms with van der Waals surface area (Å²) >= 11 is 0. The van der Waals surface area contributed by atoms with E-state index in [1.54, 1.807) is 0 Å². The maximum absolute atomic E-state index is 9.76. The van der Waals surface area contributed by atoms with E-state index in [0.717, 1.165) is 11.0 Å². The summed E-state index contributed by atoms with van der Waals surface area (Å²) in [7, 11) is 1.33. The highest BCUT2D eigenvalue weighted by Gasteiger charge is 2.04. The Hall–Kier alpha value is 0.130. The van der Waals surface area contributed by atoms with E-state index in [0.29, 0.717) is 6.61 Å². The molecule has 0 aliphatic rings. The molecule has 0 saturated heterocycles. The average Bonchev–Trinajstić information content (AvgIpc) is 1.80. The molecule has 0 unspecified atom stereocenters. The minimum absolute atomic E-state index is 0.217. The van der Waals surface area contributed by atoms with Crippen LogP contribution in [0.1, 0.15) is 0 Å². The molecule has 0 aliphatic carbocycles. The lowest BCUT2D eigenvalue weighted by Gasteiger charge is -2.22. The van der Waals surface area contributed by atoms with Crippen LogP contribution in [0.3, 0.4) is 0 Å². The quantitative estimate of drug-likeness (QED) is 0.367. The first-order chi connectivity index (χ1) is 6.06. The lowest BCUT2D eigenvalue weighted by Crippen LogP contribution is -2.37. The zero-order valence-electron chi connectivity index (χ0n) is 8.32. The maximum atomic E-state index is 9.76. The number of nitrogens with zero attached hydrogens (tertiary/aromatic N) is 1. The van der Waals surface area contributed by atoms with Crippen molar-refractivity contribution in [2.24, 2.45) is 0 Å². The molecule has 0 bridgehead atoms. The number of rotatable bonds is 4. The molecule has 86 valence electrons. The Bertz CT molecular complexity index is 189. The van der Waals surface area contributed by atoms with Crippen molar-refractivity contribution in [1.82, 2.24) is 0 Å². The summed E-state index contributed by atoms with van der Waals surface area (Å²) in [5.41, 5.74) is 0. The van der Waals surface area contributed by atoms with Crippen molar-refractivity contribution >= 4 is 16.5 Å². The highest BCUT2D eigenvalue weighted by molar-refractivity contribution is 7.45. The van der Waals surface area contributed by atoms with E-state index in [1.165, 1.54) is 0 Å². The Morgan fingerprint density at radius 3 is 1.86 bits per heavy atom. The van der Waals surface area contributed by atoms with Crippen molar-refractivity contribution in [2.75, 3.05) is 34.3 Å². The van der Waals surface area contributed by atoms with Crippen LogP contribution < -0.4 is 0 Å². The molecule has 3 N–H and O–H groups in total. The fourth-order valence-electron chi connectivity index (χ4n) is 0.352. The van der Waals surface area contributed by atoms with Crippen molar-refractivity contribution in [2.45, 2.75) is 0 Å². The smallest absolute Gasteiger partial charge is 0.329 e. The summed E-state index contributed by atoms with van der Waals surface area (Å²) in [5.74, 6) is 0. The Morgan fingerprint density at radius 2 is 1.64 bits per heavy atom. The first kappa shape index (κ1) is 16.6. The van der Waals surface area contributed by atoms with Gasteiger partial charge in [-0.2, -0.15) is 0 Å². The molecule has 0 aromatic carbocycles. The highest BCUT2D eigenvalue weighted by atomic mass is 31.2. The summed E-state index contributed by atoms with van der Waals surface area (Å²) in [5, 5.41) is 0. The molecule has 0 saturated carbocycles. The van der Waals surface area contributed by atoms with E-state index >= 15 is 0 Å². The van der Waals surface area contributed by atoms with Gasteiger partial charge in [0.2, 0.25) is 0 Å². The first-order valence-corrected chi connectivity index (χ1v) is 5.89. The number of phosphoric acid groups is 1. The monoisotopic (exact) mass is 248 g/mol. The number of quaternary nitrogens is 1. The van der Waals surface area contributed by atoms with E-state index in [2.05, 4.69) is 25.7 Å². The van der Waals surface area contributed by atoms with Crippen LogP contribution in [0, 0.1) is 0 Å². The summed E-state index contributed by atoms with van der Waals surface area (Å²) in [4.78, 5) is 21.6. The third-order valence-electron chi connectivity index (χ3n) is 0.906. The van der Waals surface area contributed by atoms with Crippen molar-refractivity contribution in [1.29, 1.82) is 0 Å². The van der Waals surface area contributed by atoms with Gasteiger partial charge >= 0.3 is 16.5 Å². The van der Waals surface area contributed by atoms with Crippen LogP contribution in [0.25, 0.3) is 0 Å². The Morgan fingerprint density at radius 1 is 1.29 bits per heavy atom. The second-order valence-electron chi connectivity index (χ2n) is 3.43. The number of likely N-dealkylation sites (N-methyl/N-ethyl adjacent to an activating group) is 1. The second-order valence-corrected chi connectivity index (χ2v) is 4.87. The van der Waals surface area contributed by atoms with E-state index in [9.17, 15) is 4.57 Å². The molecule has 0 heterocycles. The van der Waals surface area contributed by atoms with Crippen LogP contribution in [0.15, 0.2) is 0 Å². The largest absolute Gasteiger partial charge is 0.466 e. The van der Waals surface area contributed by atoms with Gasteiger partial charge in [0.25, 0.3) is 0 Å². The van der Waals surface area contributed by atoms with Crippen molar-refractivity contribution in [3.63, 3.8) is 0 Å². The topological polar surface area (TPSA) is 104 Å². The fraction of sp³-hybridized carbons (Fsp3) is 1.00. The van der Waals surface area contributed by atoms with E-state index in [4.69, 9.17) is 19.2 Å². The van der Waals surface area contributed by atoms with Crippen LogP contribution in [0.4, 0.5) is 0 Å². The molecule has 0 atom stereocenters. The molecular formula is C5H16NO6P2+. The fourth-order valence-corrected chi connectivity index (χ4v) is 0.508. The van der Waals surface area contributed by atoms with Gasteiger partial charge in [0.05, 0.1) is 21.1 Å². The Kier molecular flexibility index (Phi) is 8.78. The SMILES string of the molecule is C[N+](C)(C)CCOP=O.O=P(O)(O)O. The van der Waals surface area contributed by atoms with Gasteiger partial charge in [0.1, 0.15) is 13.2 Å². The van der Waals surface area contributed by atoms with Crippen molar-refractivity contribution < 1.29 is 32.8 Å². The molecule has 9 heteroatoms. The number of hydrogen-bond donors (Lipinski definition) is 3. The van der Waals surface area contributed by atoms with Gasteiger partial charge < -0.3 is 19.2 Å². The van der Waals surface area contributed by atoms with Gasteiger partial charge in [0.15, 0.2) is 0 Å². The lowest BCUT2D eigenvalue weighted by atomic mass is 10.5. The Balaban J connectivity index is 0. The minimum atomic E-state index is -4.64. The minimum Gasteiger partial charge on any atom is -0.329 e. The zero-order chi connectivity index (χ0) is 11.8. The first-order valence-electron chi connectivity index (χ1n) is 3.59. The predicted molar refractivity (Wildman–Crippen MR) is 50.7 cm³/mol. The standard InChI is InChI=1S/C5H13NO2P.H3O4P/c1-6(2,3)4-5-8-9-7;1-5(2,3)4/h4-5H2,1-3H3;(H3,1,2,3,4)/q+1;. The maximum Gasteiger partial charge on any atom is 0.466 e. The molecule has 0 aromatic heterocycles. The molecule has 0 rings (SSSR count). The molecule has 0 aliphatic heterocycles. The van der Waals surface area contributed by atoms with Crippen LogP contribution in [0.5, 0.6) is 0 Å². The van der Waals surface area contributed by atoms with Crippen molar-refractivity contribution in [3.8, 4) is 0 Å². The van der Waals surface area contributed by atoms with Crippen LogP contribution in [0.2, 0.25) is 0 Å². The summed E-state index contributed by atoms with van der Waals surface area (Å²) in [6.45, 7) is 1.43. The van der Waals surface area contributed by atoms with Gasteiger partial charge in [0, 0.05) is 0 Å². The second kappa shape index (κ2) is 7.43. The summed E-state index contributed by atoms with van der Waals surface area (Å²) in [6.07, 6.45) is 0. The van der Waals surface area contributed by atoms with Gasteiger partial charge in [-0.15, -0.1) is 0 Å². The van der Waals surface area contributed by atoms with Crippen LogP contribution >= 0.6 is 16.5 Å². The number of hydrogen-bond acceptors (Lipinski definition) is 3. The van der Waals surface area contributed by atoms with Crippen molar-refractivity contribution in [3.05, 3.63) is 0 Å². The zero-order valence-corrected chi connectivity index (χ0v) is 10.1. The van der Waals surface area contributed by atoms with Gasteiger partial charge in [-0.3, -0.25) is 4.52 Å². The molecular weight excluding hydrogens is 232 g/mol. The van der Waals surface area contributed by atoms with Gasteiger partial charge in [-0.25, -0.2) is 9.13 Å². The third kappa shape index (κ3) is 40.0. The third-order valence-corrected chi connectivity index (χ3v) is 1.19. The summed E-state index contributed by atoms with van der Waals surface area (Å²) < 4.78 is 24.1. The van der Waals surface area contributed by atoms with Crippen LogP contribution in [-0.4, -0.2) is 53.5 Å². The molecule has 0 radical (unpaired) electrons. The van der Waals surface area contributed by atoms with Gasteiger partial charge in [-0.1, -0.05) is 0 Å². The molecule has 0 amide bonds. The summed E-state index contributed by atoms with van der Waals surface area (Å²) in [6, 6.07) is 0. The normalized spacial score (nSPS) is 12.1. The molecule has 14 heavy (non-hydrogen) atoms. The lowest BCUT2D eigenvalue weighted by molar-refractivity contribution is -0.870. The molecule has 0 spiro atoms. The molecule has 0 fully saturated rings. The predicted octanol–water partition coefficient (Wildman–Crippen LogP) is -0.0127.